The number of benzene rings is 2. The molecule has 1 aliphatic heterocycles. The number of amides is 1. The zero-order valence-corrected chi connectivity index (χ0v) is 19.3. The van der Waals surface area contributed by atoms with E-state index >= 15 is 0 Å². The second-order valence-electron chi connectivity index (χ2n) is 8.66. The maximum Gasteiger partial charge on any atom is 0.264 e. The van der Waals surface area contributed by atoms with E-state index in [1.165, 1.54) is 0 Å². The SMILES string of the molecule is CCCNC(=O)C1(C)CC(c2c[nH]c3ncc(-c4ccccc4Oc4ccccc4)cc23)=CO1. The summed E-state index contributed by atoms with van der Waals surface area (Å²) in [5.74, 6) is 1.45. The maximum absolute atomic E-state index is 12.6. The number of aromatic nitrogens is 2. The van der Waals surface area contributed by atoms with Crippen molar-refractivity contribution in [2.75, 3.05) is 6.54 Å². The smallest absolute Gasteiger partial charge is 0.264 e. The normalized spacial score (nSPS) is 17.3. The van der Waals surface area contributed by atoms with Crippen LogP contribution in [0.15, 0.2) is 79.3 Å². The zero-order chi connectivity index (χ0) is 23.5. The van der Waals surface area contributed by atoms with Gasteiger partial charge >= 0.3 is 0 Å². The van der Waals surface area contributed by atoms with E-state index < -0.39 is 5.60 Å². The van der Waals surface area contributed by atoms with Crippen LogP contribution in [0.5, 0.6) is 11.5 Å². The largest absolute Gasteiger partial charge is 0.485 e. The van der Waals surface area contributed by atoms with Gasteiger partial charge < -0.3 is 19.8 Å². The monoisotopic (exact) mass is 453 g/mol. The molecule has 1 unspecified atom stereocenters. The van der Waals surface area contributed by atoms with Crippen molar-refractivity contribution in [2.45, 2.75) is 32.3 Å². The van der Waals surface area contributed by atoms with Crippen molar-refractivity contribution in [3.8, 4) is 22.6 Å². The van der Waals surface area contributed by atoms with Crippen molar-refractivity contribution in [2.24, 2.45) is 0 Å². The van der Waals surface area contributed by atoms with Crippen LogP contribution in [0.4, 0.5) is 0 Å². The minimum absolute atomic E-state index is 0.0914. The topological polar surface area (TPSA) is 76.2 Å². The number of nitrogens with zero attached hydrogens (tertiary/aromatic N) is 1. The Balaban J connectivity index is 1.46. The molecule has 4 aromatic rings. The van der Waals surface area contributed by atoms with Crippen LogP contribution in [0.2, 0.25) is 0 Å². The van der Waals surface area contributed by atoms with Gasteiger partial charge in [0.1, 0.15) is 17.1 Å². The molecule has 0 bridgehead atoms. The summed E-state index contributed by atoms with van der Waals surface area (Å²) in [6, 6.07) is 19.8. The molecule has 3 heterocycles. The van der Waals surface area contributed by atoms with Crippen LogP contribution in [0.1, 0.15) is 32.3 Å². The second kappa shape index (κ2) is 9.06. The van der Waals surface area contributed by atoms with Crippen molar-refractivity contribution in [1.82, 2.24) is 15.3 Å². The Labute approximate surface area is 198 Å². The van der Waals surface area contributed by atoms with Gasteiger partial charge in [-0.3, -0.25) is 4.79 Å². The first-order valence-electron chi connectivity index (χ1n) is 11.5. The Morgan fingerprint density at radius 1 is 1.15 bits per heavy atom. The van der Waals surface area contributed by atoms with Gasteiger partial charge in [-0.15, -0.1) is 0 Å². The predicted octanol–water partition coefficient (Wildman–Crippen LogP) is 6.07. The highest BCUT2D eigenvalue weighted by Crippen LogP contribution is 2.39. The van der Waals surface area contributed by atoms with Crippen LogP contribution in [-0.4, -0.2) is 28.0 Å². The first-order valence-corrected chi connectivity index (χ1v) is 11.5. The van der Waals surface area contributed by atoms with Crippen molar-refractivity contribution in [3.05, 3.63) is 84.9 Å². The lowest BCUT2D eigenvalue weighted by atomic mass is 9.93. The minimum Gasteiger partial charge on any atom is -0.485 e. The molecule has 5 rings (SSSR count). The fraction of sp³-hybridized carbons (Fsp3) is 0.214. The van der Waals surface area contributed by atoms with E-state index in [0.717, 1.165) is 51.2 Å². The number of fused-ring (bicyclic) bond motifs is 1. The Morgan fingerprint density at radius 2 is 1.94 bits per heavy atom. The molecule has 2 aromatic carbocycles. The van der Waals surface area contributed by atoms with Crippen LogP contribution in [0.25, 0.3) is 27.7 Å². The summed E-state index contributed by atoms with van der Waals surface area (Å²) in [7, 11) is 0. The van der Waals surface area contributed by atoms with E-state index in [1.54, 1.807) is 6.26 Å². The summed E-state index contributed by atoms with van der Waals surface area (Å²) in [5.41, 5.74) is 3.72. The van der Waals surface area contributed by atoms with E-state index in [1.807, 2.05) is 80.8 Å². The van der Waals surface area contributed by atoms with E-state index in [4.69, 9.17) is 9.47 Å². The molecule has 0 radical (unpaired) electrons. The third-order valence-corrected chi connectivity index (χ3v) is 6.05. The summed E-state index contributed by atoms with van der Waals surface area (Å²) in [6.07, 6.45) is 6.85. The summed E-state index contributed by atoms with van der Waals surface area (Å²) < 4.78 is 12.0. The molecule has 0 saturated heterocycles. The minimum atomic E-state index is -0.907. The van der Waals surface area contributed by atoms with Gasteiger partial charge in [0, 0.05) is 53.0 Å². The molecule has 0 saturated carbocycles. The van der Waals surface area contributed by atoms with Gasteiger partial charge in [-0.1, -0.05) is 43.3 Å². The standard InChI is InChI=1S/C28H27N3O3/c1-3-13-29-27(32)28(2)15-20(18-33-28)24-17-31-26-23(24)14-19(16-30-26)22-11-7-8-12-25(22)34-21-9-5-4-6-10-21/h4-12,14,16-18H,3,13,15H2,1-2H3,(H,29,32)(H,30,31). The molecule has 172 valence electrons. The number of aromatic amines is 1. The average Bonchev–Trinajstić information content (AvgIpc) is 3.47. The van der Waals surface area contributed by atoms with Gasteiger partial charge in [-0.2, -0.15) is 0 Å². The third kappa shape index (κ3) is 4.15. The van der Waals surface area contributed by atoms with Crippen molar-refractivity contribution in [3.63, 3.8) is 0 Å². The summed E-state index contributed by atoms with van der Waals surface area (Å²) in [5, 5.41) is 3.92. The number of hydrogen-bond donors (Lipinski definition) is 2. The first kappa shape index (κ1) is 21.8. The number of carbonyl (C=O) groups excluding carboxylic acids is 1. The van der Waals surface area contributed by atoms with Crippen molar-refractivity contribution < 1.29 is 14.3 Å². The number of ether oxygens (including phenoxy) is 2. The molecule has 6 heteroatoms. The van der Waals surface area contributed by atoms with Gasteiger partial charge in [0.2, 0.25) is 0 Å². The van der Waals surface area contributed by atoms with Gasteiger partial charge in [0.25, 0.3) is 5.91 Å². The van der Waals surface area contributed by atoms with Crippen LogP contribution >= 0.6 is 0 Å². The highest BCUT2D eigenvalue weighted by atomic mass is 16.5. The molecular weight excluding hydrogens is 426 g/mol. The Bertz CT molecular complexity index is 1360. The molecular formula is C28H27N3O3. The molecule has 2 aromatic heterocycles. The van der Waals surface area contributed by atoms with Crippen LogP contribution < -0.4 is 10.1 Å². The molecule has 6 nitrogen and oxygen atoms in total. The number of para-hydroxylation sites is 2. The third-order valence-electron chi connectivity index (χ3n) is 6.05. The quantitative estimate of drug-likeness (QED) is 0.356. The number of H-pyrrole nitrogens is 1. The fourth-order valence-corrected chi connectivity index (χ4v) is 4.19. The molecule has 0 spiro atoms. The van der Waals surface area contributed by atoms with Crippen molar-refractivity contribution in [1.29, 1.82) is 0 Å². The molecule has 1 amide bonds. The summed E-state index contributed by atoms with van der Waals surface area (Å²) in [6.45, 7) is 4.50. The summed E-state index contributed by atoms with van der Waals surface area (Å²) in [4.78, 5) is 20.5. The zero-order valence-electron chi connectivity index (χ0n) is 19.3. The molecule has 0 fully saturated rings. The van der Waals surface area contributed by atoms with E-state index in [0.29, 0.717) is 13.0 Å². The number of carbonyl (C=O) groups is 1. The van der Waals surface area contributed by atoms with E-state index in [2.05, 4.69) is 21.4 Å². The highest BCUT2D eigenvalue weighted by molar-refractivity contribution is 5.96. The lowest BCUT2D eigenvalue weighted by Gasteiger charge is -2.22. The Morgan fingerprint density at radius 3 is 2.76 bits per heavy atom. The van der Waals surface area contributed by atoms with Crippen LogP contribution in [0, 0.1) is 0 Å². The molecule has 34 heavy (non-hydrogen) atoms. The Kier molecular flexibility index (Phi) is 5.80. The van der Waals surface area contributed by atoms with Gasteiger partial charge in [-0.05, 0) is 37.6 Å². The highest BCUT2D eigenvalue weighted by Gasteiger charge is 2.40. The van der Waals surface area contributed by atoms with Gasteiger partial charge in [0.05, 0.1) is 6.26 Å². The van der Waals surface area contributed by atoms with Crippen LogP contribution in [0.3, 0.4) is 0 Å². The number of nitrogens with one attached hydrogen (secondary N) is 2. The van der Waals surface area contributed by atoms with Gasteiger partial charge in [-0.25, -0.2) is 4.98 Å². The lowest BCUT2D eigenvalue weighted by Crippen LogP contribution is -2.44. The van der Waals surface area contributed by atoms with E-state index in [-0.39, 0.29) is 5.91 Å². The molecule has 1 atom stereocenters. The lowest BCUT2D eigenvalue weighted by molar-refractivity contribution is -0.136. The number of rotatable bonds is 7. The Hall–Kier alpha value is -4.06. The molecule has 0 aliphatic carbocycles. The fourth-order valence-electron chi connectivity index (χ4n) is 4.19. The maximum atomic E-state index is 12.6. The summed E-state index contributed by atoms with van der Waals surface area (Å²) >= 11 is 0. The van der Waals surface area contributed by atoms with Gasteiger partial charge in [0.15, 0.2) is 5.60 Å². The number of pyridine rings is 1. The molecule has 2 N–H and O–H groups in total. The van der Waals surface area contributed by atoms with Crippen molar-refractivity contribution >= 4 is 22.5 Å². The average molecular weight is 454 g/mol. The van der Waals surface area contributed by atoms with Crippen LogP contribution in [-0.2, 0) is 9.53 Å². The van der Waals surface area contributed by atoms with E-state index in [9.17, 15) is 4.79 Å². The first-order chi connectivity index (χ1) is 16.6. The predicted molar refractivity (Wildman–Crippen MR) is 133 cm³/mol. The second-order valence-corrected chi connectivity index (χ2v) is 8.66. The molecule has 1 aliphatic rings. The number of hydrogen-bond acceptors (Lipinski definition) is 4.